The van der Waals surface area contributed by atoms with Gasteiger partial charge >= 0.3 is 0 Å². The number of aliphatic hydroxyl groups excluding tert-OH is 1. The van der Waals surface area contributed by atoms with Gasteiger partial charge in [0.2, 0.25) is 5.91 Å². The van der Waals surface area contributed by atoms with E-state index in [1.807, 2.05) is 6.08 Å². The topological polar surface area (TPSA) is 104 Å². The molecule has 0 fully saturated rings. The maximum Gasteiger partial charge on any atom is 0.267 e. The summed E-state index contributed by atoms with van der Waals surface area (Å²) in [6, 6.07) is -1.06. The van der Waals surface area contributed by atoms with E-state index in [0.29, 0.717) is 6.42 Å². The van der Waals surface area contributed by atoms with E-state index in [2.05, 4.69) is 79.9 Å². The first-order valence-corrected chi connectivity index (χ1v) is 18.7. The number of nitrogens with one attached hydrogen (secondary N) is 1. The molecule has 0 spiro atoms. The van der Waals surface area contributed by atoms with Crippen LogP contribution in [-0.4, -0.2) is 41.9 Å². The first-order valence-electron chi connectivity index (χ1n) is 17.1. The van der Waals surface area contributed by atoms with Crippen LogP contribution in [0.15, 0.2) is 72.9 Å². The molecule has 0 aliphatic carbocycles. The molecule has 7 heteroatoms. The normalized spacial score (nSPS) is 14.4. The predicted octanol–water partition coefficient (Wildman–Crippen LogP) is 9.51. The van der Waals surface area contributed by atoms with Crippen LogP contribution in [0.2, 0.25) is 0 Å². The first kappa shape index (κ1) is 41.8. The lowest BCUT2D eigenvalue weighted by Crippen LogP contribution is -2.46. The molecule has 0 aromatic heterocycles. The van der Waals surface area contributed by atoms with Crippen molar-refractivity contribution in [2.24, 2.45) is 0 Å². The molecule has 0 aromatic carbocycles. The van der Waals surface area contributed by atoms with E-state index < -0.39 is 28.0 Å². The van der Waals surface area contributed by atoms with Crippen molar-refractivity contribution in [3.8, 4) is 0 Å². The van der Waals surface area contributed by atoms with E-state index in [-0.39, 0.29) is 12.3 Å². The van der Waals surface area contributed by atoms with Crippen molar-refractivity contribution < 1.29 is 22.9 Å². The third-order valence-corrected chi connectivity index (χ3v) is 7.92. The molecule has 0 bridgehead atoms. The largest absolute Gasteiger partial charge is 0.387 e. The van der Waals surface area contributed by atoms with E-state index in [1.165, 1.54) is 25.3 Å². The Balaban J connectivity index is 3.89. The van der Waals surface area contributed by atoms with Gasteiger partial charge in [-0.15, -0.1) is 0 Å². The summed E-state index contributed by atoms with van der Waals surface area (Å²) in [6.45, 7) is 4.29. The van der Waals surface area contributed by atoms with Crippen LogP contribution in [0.5, 0.6) is 0 Å². The lowest BCUT2D eigenvalue weighted by Gasteiger charge is -2.21. The highest BCUT2D eigenvalue weighted by Gasteiger charge is 2.24. The van der Waals surface area contributed by atoms with E-state index in [1.54, 1.807) is 0 Å². The molecule has 0 aliphatic rings. The summed E-state index contributed by atoms with van der Waals surface area (Å²) in [5.41, 5.74) is 0. The monoisotopic (exact) mass is 633 g/mol. The van der Waals surface area contributed by atoms with Crippen LogP contribution in [-0.2, 0) is 14.9 Å². The van der Waals surface area contributed by atoms with Gasteiger partial charge in [-0.25, -0.2) is 0 Å². The second kappa shape index (κ2) is 30.8. The fourth-order valence-electron chi connectivity index (χ4n) is 4.59. The van der Waals surface area contributed by atoms with Gasteiger partial charge in [0.25, 0.3) is 10.1 Å². The summed E-state index contributed by atoms with van der Waals surface area (Å²) in [5, 5.41) is 13.0. The second-order valence-corrected chi connectivity index (χ2v) is 12.9. The van der Waals surface area contributed by atoms with Gasteiger partial charge in [0.05, 0.1) is 17.9 Å². The molecular weight excluding hydrogens is 570 g/mol. The van der Waals surface area contributed by atoms with E-state index in [9.17, 15) is 22.9 Å². The molecule has 6 nitrogen and oxygen atoms in total. The molecular formula is C37H63NO5S. The SMILES string of the molecule is CC/C=C\C/C=C\C/C=C\C/C=C\C/C=C\CCCCCCCCCC(=O)NC(CS(=O)(=O)O)C(O)/C=C/CCCCCC. The molecule has 1 amide bonds. The zero-order valence-corrected chi connectivity index (χ0v) is 28.6. The van der Waals surface area contributed by atoms with Crippen LogP contribution in [0, 0.1) is 0 Å². The Hall–Kier alpha value is -2.22. The minimum atomic E-state index is -4.33. The van der Waals surface area contributed by atoms with Crippen molar-refractivity contribution in [1.82, 2.24) is 5.32 Å². The maximum atomic E-state index is 12.4. The molecule has 0 saturated heterocycles. The van der Waals surface area contributed by atoms with Crippen molar-refractivity contribution in [2.45, 2.75) is 148 Å². The highest BCUT2D eigenvalue weighted by atomic mass is 32.2. The van der Waals surface area contributed by atoms with Gasteiger partial charge in [-0.05, 0) is 64.2 Å². The van der Waals surface area contributed by atoms with E-state index in [0.717, 1.165) is 89.9 Å². The van der Waals surface area contributed by atoms with Crippen molar-refractivity contribution in [3.63, 3.8) is 0 Å². The number of unbranched alkanes of at least 4 members (excludes halogenated alkanes) is 11. The van der Waals surface area contributed by atoms with Crippen LogP contribution in [0.25, 0.3) is 0 Å². The summed E-state index contributed by atoms with van der Waals surface area (Å²) in [5.74, 6) is -1.01. The third kappa shape index (κ3) is 31.2. The number of amides is 1. The molecule has 0 saturated carbocycles. The highest BCUT2D eigenvalue weighted by Crippen LogP contribution is 2.11. The zero-order chi connectivity index (χ0) is 32.6. The van der Waals surface area contributed by atoms with Gasteiger partial charge in [0, 0.05) is 6.42 Å². The minimum absolute atomic E-state index is 0.277. The Kier molecular flexibility index (Phi) is 29.2. The predicted molar refractivity (Wildman–Crippen MR) is 188 cm³/mol. The number of hydrogen-bond acceptors (Lipinski definition) is 4. The summed E-state index contributed by atoms with van der Waals surface area (Å²) in [6.07, 6.45) is 43.4. The molecule has 252 valence electrons. The fraction of sp³-hybridized carbons (Fsp3) is 0.649. The van der Waals surface area contributed by atoms with Crippen molar-refractivity contribution in [1.29, 1.82) is 0 Å². The van der Waals surface area contributed by atoms with Crippen LogP contribution >= 0.6 is 0 Å². The van der Waals surface area contributed by atoms with Gasteiger partial charge in [0.15, 0.2) is 0 Å². The quantitative estimate of drug-likeness (QED) is 0.0432. The van der Waals surface area contributed by atoms with Gasteiger partial charge in [-0.3, -0.25) is 9.35 Å². The van der Waals surface area contributed by atoms with Gasteiger partial charge in [0.1, 0.15) is 0 Å². The smallest absolute Gasteiger partial charge is 0.267 e. The molecule has 0 aliphatic heterocycles. The van der Waals surface area contributed by atoms with Crippen LogP contribution < -0.4 is 5.32 Å². The Bertz CT molecular complexity index is 962. The standard InChI is InChI=1S/C37H63NO5S/c1-3-5-7-9-11-12-13-14-15-16-17-18-19-20-21-22-23-24-25-26-27-29-31-33-37(40)38-35(34-44(41,42)43)36(39)32-30-28-10-8-6-4-2/h5,7,11-12,14-15,17-18,20-21,30,32,35-36,39H,3-4,6,8-10,13,16,19,22-29,31,33-34H2,1-2H3,(H,38,40)(H,41,42,43)/b7-5-,12-11-,15-14-,18-17-,21-20-,32-30+. The zero-order valence-electron chi connectivity index (χ0n) is 27.8. The summed E-state index contributed by atoms with van der Waals surface area (Å²) >= 11 is 0. The molecule has 2 unspecified atom stereocenters. The lowest BCUT2D eigenvalue weighted by atomic mass is 10.1. The molecule has 3 N–H and O–H groups in total. The lowest BCUT2D eigenvalue weighted by molar-refractivity contribution is -0.122. The molecule has 0 rings (SSSR count). The molecule has 0 heterocycles. The number of carbonyl (C=O) groups is 1. The number of aliphatic hydroxyl groups is 1. The highest BCUT2D eigenvalue weighted by molar-refractivity contribution is 7.85. The number of hydrogen-bond donors (Lipinski definition) is 3. The van der Waals surface area contributed by atoms with Crippen molar-refractivity contribution in [3.05, 3.63) is 72.9 Å². The van der Waals surface area contributed by atoms with Crippen LogP contribution in [0.4, 0.5) is 0 Å². The van der Waals surface area contributed by atoms with Crippen LogP contribution in [0.3, 0.4) is 0 Å². The van der Waals surface area contributed by atoms with Gasteiger partial charge in [-0.2, -0.15) is 8.42 Å². The van der Waals surface area contributed by atoms with Crippen molar-refractivity contribution in [2.75, 3.05) is 5.75 Å². The average Bonchev–Trinajstić information content (AvgIpc) is 2.98. The molecule has 44 heavy (non-hydrogen) atoms. The summed E-state index contributed by atoms with van der Waals surface area (Å²) in [4.78, 5) is 12.4. The maximum absolute atomic E-state index is 12.4. The summed E-state index contributed by atoms with van der Waals surface area (Å²) < 4.78 is 32.1. The minimum Gasteiger partial charge on any atom is -0.387 e. The number of rotatable bonds is 29. The van der Waals surface area contributed by atoms with Gasteiger partial charge < -0.3 is 10.4 Å². The Morgan fingerprint density at radius 2 is 1.09 bits per heavy atom. The van der Waals surface area contributed by atoms with Crippen molar-refractivity contribution >= 4 is 16.0 Å². The Morgan fingerprint density at radius 1 is 0.636 bits per heavy atom. The molecule has 0 radical (unpaired) electrons. The average molecular weight is 634 g/mol. The van der Waals surface area contributed by atoms with Gasteiger partial charge in [-0.1, -0.05) is 138 Å². The Morgan fingerprint density at radius 3 is 1.61 bits per heavy atom. The first-order chi connectivity index (χ1) is 21.3. The van der Waals surface area contributed by atoms with Crippen LogP contribution in [0.1, 0.15) is 136 Å². The Labute approximate surface area is 270 Å². The van der Waals surface area contributed by atoms with E-state index in [4.69, 9.17) is 0 Å². The summed E-state index contributed by atoms with van der Waals surface area (Å²) in [7, 11) is -4.33. The molecule has 0 aromatic rings. The fourth-order valence-corrected chi connectivity index (χ4v) is 5.32. The number of allylic oxidation sites excluding steroid dienone is 11. The van der Waals surface area contributed by atoms with E-state index >= 15 is 0 Å². The second-order valence-electron chi connectivity index (χ2n) is 11.4. The molecule has 2 atom stereocenters. The third-order valence-electron chi connectivity index (χ3n) is 7.14. The number of carbonyl (C=O) groups excluding carboxylic acids is 1.